The highest BCUT2D eigenvalue weighted by molar-refractivity contribution is 5.85. The molecule has 2 heterocycles. The third-order valence-electron chi connectivity index (χ3n) is 3.69. The fourth-order valence-electron chi connectivity index (χ4n) is 2.66. The molecule has 0 saturated carbocycles. The van der Waals surface area contributed by atoms with Crippen LogP contribution >= 0.6 is 12.4 Å². The molecule has 2 fully saturated rings. The zero-order valence-electron chi connectivity index (χ0n) is 10.2. The number of nitrogens with zero attached hydrogens (tertiary/aromatic N) is 1. The van der Waals surface area contributed by atoms with Gasteiger partial charge in [-0.3, -0.25) is 0 Å². The predicted molar refractivity (Wildman–Crippen MR) is 71.4 cm³/mol. The van der Waals surface area contributed by atoms with Gasteiger partial charge in [0, 0.05) is 13.1 Å². The van der Waals surface area contributed by atoms with Crippen molar-refractivity contribution in [1.82, 2.24) is 15.5 Å². The summed E-state index contributed by atoms with van der Waals surface area (Å²) in [5, 5.41) is 6.97. The highest BCUT2D eigenvalue weighted by Crippen LogP contribution is 2.14. The Bertz CT molecular complexity index is 164. The van der Waals surface area contributed by atoms with Crippen molar-refractivity contribution in [3.05, 3.63) is 0 Å². The molecule has 0 aliphatic carbocycles. The maximum Gasteiger partial charge on any atom is 0.0107 e. The molecule has 0 bridgehead atoms. The number of rotatable bonds is 3. The molecule has 16 heavy (non-hydrogen) atoms. The van der Waals surface area contributed by atoms with Gasteiger partial charge in [0.2, 0.25) is 0 Å². The first-order chi connectivity index (χ1) is 7.45. The van der Waals surface area contributed by atoms with Gasteiger partial charge in [0.05, 0.1) is 0 Å². The minimum Gasteiger partial charge on any atom is -0.316 e. The van der Waals surface area contributed by atoms with Gasteiger partial charge in [-0.1, -0.05) is 0 Å². The molecule has 2 rings (SSSR count). The van der Waals surface area contributed by atoms with Crippen molar-refractivity contribution in [3.63, 3.8) is 0 Å². The van der Waals surface area contributed by atoms with Crippen LogP contribution in [0.2, 0.25) is 0 Å². The highest BCUT2D eigenvalue weighted by Gasteiger charge is 2.15. The van der Waals surface area contributed by atoms with Gasteiger partial charge in [-0.15, -0.1) is 12.4 Å². The van der Waals surface area contributed by atoms with E-state index in [2.05, 4.69) is 15.5 Å². The summed E-state index contributed by atoms with van der Waals surface area (Å²) in [5.74, 6) is 0.940. The van der Waals surface area contributed by atoms with Gasteiger partial charge in [0.1, 0.15) is 0 Å². The van der Waals surface area contributed by atoms with E-state index in [1.54, 1.807) is 0 Å². The zero-order valence-corrected chi connectivity index (χ0v) is 11.0. The summed E-state index contributed by atoms with van der Waals surface area (Å²) in [5.41, 5.74) is 0. The van der Waals surface area contributed by atoms with Gasteiger partial charge in [-0.05, 0) is 64.3 Å². The summed E-state index contributed by atoms with van der Waals surface area (Å²) in [7, 11) is 0. The smallest absolute Gasteiger partial charge is 0.0107 e. The second-order valence-corrected chi connectivity index (χ2v) is 4.95. The van der Waals surface area contributed by atoms with Crippen LogP contribution in [0.25, 0.3) is 0 Å². The molecule has 0 spiro atoms. The van der Waals surface area contributed by atoms with Crippen molar-refractivity contribution >= 4 is 12.4 Å². The maximum atomic E-state index is 3.50. The largest absolute Gasteiger partial charge is 0.316 e. The number of nitrogens with one attached hydrogen (secondary N) is 2. The highest BCUT2D eigenvalue weighted by atomic mass is 35.5. The summed E-state index contributed by atoms with van der Waals surface area (Å²) in [6.45, 7) is 8.75. The normalized spacial score (nSPS) is 28.1. The van der Waals surface area contributed by atoms with Crippen LogP contribution in [0.4, 0.5) is 0 Å². The van der Waals surface area contributed by atoms with E-state index in [0.29, 0.717) is 0 Å². The SMILES string of the molecule is C1CNCC(CCN2CCCNCC2)C1.Cl. The molecular weight excluding hydrogens is 222 g/mol. The second kappa shape index (κ2) is 8.29. The predicted octanol–water partition coefficient (Wildman–Crippen LogP) is 1.09. The average molecular weight is 248 g/mol. The van der Waals surface area contributed by atoms with Crippen molar-refractivity contribution in [1.29, 1.82) is 0 Å². The minimum atomic E-state index is 0. The van der Waals surface area contributed by atoms with Gasteiger partial charge in [0.15, 0.2) is 0 Å². The molecule has 96 valence electrons. The number of piperidine rings is 1. The van der Waals surface area contributed by atoms with Gasteiger partial charge in [-0.25, -0.2) is 0 Å². The summed E-state index contributed by atoms with van der Waals surface area (Å²) < 4.78 is 0. The monoisotopic (exact) mass is 247 g/mol. The van der Waals surface area contributed by atoms with Crippen molar-refractivity contribution < 1.29 is 0 Å². The van der Waals surface area contributed by atoms with Crippen LogP contribution < -0.4 is 10.6 Å². The topological polar surface area (TPSA) is 27.3 Å². The lowest BCUT2D eigenvalue weighted by Gasteiger charge is -2.26. The van der Waals surface area contributed by atoms with Crippen molar-refractivity contribution in [3.8, 4) is 0 Å². The molecule has 2 aliphatic heterocycles. The Balaban J connectivity index is 0.00000128. The lowest BCUT2D eigenvalue weighted by Crippen LogP contribution is -2.34. The van der Waals surface area contributed by atoms with Crippen LogP contribution in [0.5, 0.6) is 0 Å². The molecule has 0 amide bonds. The molecule has 0 aromatic heterocycles. The third-order valence-corrected chi connectivity index (χ3v) is 3.69. The Morgan fingerprint density at radius 1 is 1.00 bits per heavy atom. The van der Waals surface area contributed by atoms with E-state index in [1.165, 1.54) is 71.5 Å². The molecular formula is C12H26ClN3. The fourth-order valence-corrected chi connectivity index (χ4v) is 2.66. The first-order valence-corrected chi connectivity index (χ1v) is 6.59. The lowest BCUT2D eigenvalue weighted by atomic mass is 9.96. The Kier molecular flexibility index (Phi) is 7.37. The molecule has 2 N–H and O–H groups in total. The first kappa shape index (κ1) is 14.2. The fraction of sp³-hybridized carbons (Fsp3) is 1.00. The second-order valence-electron chi connectivity index (χ2n) is 4.95. The molecule has 0 radical (unpaired) electrons. The lowest BCUT2D eigenvalue weighted by molar-refractivity contribution is 0.248. The molecule has 2 saturated heterocycles. The number of hydrogen-bond donors (Lipinski definition) is 2. The van der Waals surface area contributed by atoms with Gasteiger partial charge in [0.25, 0.3) is 0 Å². The Hall–Kier alpha value is 0.170. The van der Waals surface area contributed by atoms with Crippen molar-refractivity contribution in [2.75, 3.05) is 45.8 Å². The van der Waals surface area contributed by atoms with E-state index in [0.717, 1.165) is 5.92 Å². The van der Waals surface area contributed by atoms with Gasteiger partial charge >= 0.3 is 0 Å². The van der Waals surface area contributed by atoms with Crippen LogP contribution in [0, 0.1) is 5.92 Å². The standard InChI is InChI=1S/C12H25N3.ClH/c1-3-12(11-14-5-1)4-9-15-8-2-6-13-7-10-15;/h12-14H,1-11H2;1H. The average Bonchev–Trinajstić information content (AvgIpc) is 2.56. The van der Waals surface area contributed by atoms with E-state index in [1.807, 2.05) is 0 Å². The molecule has 3 nitrogen and oxygen atoms in total. The van der Waals surface area contributed by atoms with E-state index < -0.39 is 0 Å². The van der Waals surface area contributed by atoms with Crippen molar-refractivity contribution in [2.45, 2.75) is 25.7 Å². The molecule has 0 aromatic rings. The number of hydrogen-bond acceptors (Lipinski definition) is 3. The zero-order chi connectivity index (χ0) is 10.3. The van der Waals surface area contributed by atoms with Gasteiger partial charge in [-0.2, -0.15) is 0 Å². The summed E-state index contributed by atoms with van der Waals surface area (Å²) in [4.78, 5) is 2.63. The quantitative estimate of drug-likeness (QED) is 0.782. The maximum absolute atomic E-state index is 3.50. The van der Waals surface area contributed by atoms with Gasteiger partial charge < -0.3 is 15.5 Å². The van der Waals surface area contributed by atoms with E-state index >= 15 is 0 Å². The van der Waals surface area contributed by atoms with E-state index in [9.17, 15) is 0 Å². The number of halogens is 1. The molecule has 2 aliphatic rings. The summed E-state index contributed by atoms with van der Waals surface area (Å²) >= 11 is 0. The Morgan fingerprint density at radius 3 is 2.69 bits per heavy atom. The summed E-state index contributed by atoms with van der Waals surface area (Å²) in [6, 6.07) is 0. The molecule has 1 unspecified atom stereocenters. The Labute approximate surface area is 106 Å². The van der Waals surface area contributed by atoms with Crippen LogP contribution in [0.15, 0.2) is 0 Å². The van der Waals surface area contributed by atoms with E-state index in [4.69, 9.17) is 0 Å². The van der Waals surface area contributed by atoms with Crippen molar-refractivity contribution in [2.24, 2.45) is 5.92 Å². The van der Waals surface area contributed by atoms with Crippen LogP contribution in [0.3, 0.4) is 0 Å². The Morgan fingerprint density at radius 2 is 1.88 bits per heavy atom. The summed E-state index contributed by atoms with van der Waals surface area (Å²) in [6.07, 6.45) is 5.54. The third kappa shape index (κ3) is 5.00. The minimum absolute atomic E-state index is 0. The molecule has 0 aromatic carbocycles. The molecule has 4 heteroatoms. The van der Waals surface area contributed by atoms with Crippen LogP contribution in [-0.4, -0.2) is 50.7 Å². The molecule has 1 atom stereocenters. The van der Waals surface area contributed by atoms with Crippen LogP contribution in [-0.2, 0) is 0 Å². The first-order valence-electron chi connectivity index (χ1n) is 6.59. The van der Waals surface area contributed by atoms with E-state index in [-0.39, 0.29) is 12.4 Å². The van der Waals surface area contributed by atoms with Crippen LogP contribution in [0.1, 0.15) is 25.7 Å².